The lowest BCUT2D eigenvalue weighted by Crippen LogP contribution is -2.05. The van der Waals surface area contributed by atoms with E-state index >= 15 is 0 Å². The maximum Gasteiger partial charge on any atom is 0.145 e. The van der Waals surface area contributed by atoms with E-state index in [2.05, 4.69) is 26.1 Å². The van der Waals surface area contributed by atoms with Gasteiger partial charge in [0, 0.05) is 22.8 Å². The third kappa shape index (κ3) is 2.87. The third-order valence-electron chi connectivity index (χ3n) is 2.69. The summed E-state index contributed by atoms with van der Waals surface area (Å²) in [6.07, 6.45) is 0.826. The summed E-state index contributed by atoms with van der Waals surface area (Å²) in [5.41, 5.74) is 0. The van der Waals surface area contributed by atoms with Crippen LogP contribution in [-0.4, -0.2) is 19.0 Å². The van der Waals surface area contributed by atoms with Crippen molar-refractivity contribution in [1.29, 1.82) is 0 Å². The molecule has 2 aromatic rings. The summed E-state index contributed by atoms with van der Waals surface area (Å²) in [5, 5.41) is 8.15. The molecule has 1 aromatic carbocycles. The highest BCUT2D eigenvalue weighted by Gasteiger charge is 2.12. The van der Waals surface area contributed by atoms with Gasteiger partial charge in [-0.2, -0.15) is 0 Å². The molecule has 0 aliphatic rings. The zero-order valence-electron chi connectivity index (χ0n) is 10.3. The molecule has 1 atom stereocenters. The van der Waals surface area contributed by atoms with Gasteiger partial charge in [-0.15, -0.1) is 10.2 Å². The van der Waals surface area contributed by atoms with Crippen LogP contribution in [0.1, 0.15) is 18.6 Å². The predicted molar refractivity (Wildman–Crippen MR) is 74.6 cm³/mol. The predicted octanol–water partition coefficient (Wildman–Crippen LogP) is 2.45. The van der Waals surface area contributed by atoms with Crippen molar-refractivity contribution in [2.75, 3.05) is 0 Å². The van der Waals surface area contributed by atoms with Gasteiger partial charge in [-0.1, -0.05) is 28.9 Å². The molecule has 1 aromatic heterocycles. The van der Waals surface area contributed by atoms with Gasteiger partial charge in [0.2, 0.25) is 0 Å². The fraction of sp³-hybridized carbons (Fsp3) is 0.333. The van der Waals surface area contributed by atoms with Crippen molar-refractivity contribution in [2.24, 2.45) is 7.05 Å². The molecule has 0 fully saturated rings. The van der Waals surface area contributed by atoms with E-state index in [1.54, 1.807) is 0 Å². The minimum atomic E-state index is -1.10. The number of aryl methyl sites for hydroxylation is 1. The molecule has 0 radical (unpaired) electrons. The molecule has 1 unspecified atom stereocenters. The van der Waals surface area contributed by atoms with Crippen molar-refractivity contribution < 1.29 is 4.21 Å². The Kier molecular flexibility index (Phi) is 4.29. The van der Waals surface area contributed by atoms with E-state index in [1.165, 1.54) is 0 Å². The van der Waals surface area contributed by atoms with E-state index < -0.39 is 10.8 Å². The van der Waals surface area contributed by atoms with Gasteiger partial charge in [0.25, 0.3) is 0 Å². The largest absolute Gasteiger partial charge is 0.317 e. The van der Waals surface area contributed by atoms with Gasteiger partial charge < -0.3 is 4.57 Å². The standard InChI is InChI=1S/C12H14BrN3OS/c1-3-11-14-15-12(16(11)2)8-18(17)10-6-4-5-9(13)7-10/h4-7H,3,8H2,1-2H3. The summed E-state index contributed by atoms with van der Waals surface area (Å²) >= 11 is 3.38. The first kappa shape index (κ1) is 13.4. The van der Waals surface area contributed by atoms with E-state index in [0.29, 0.717) is 5.75 Å². The SMILES string of the molecule is CCc1nnc(CS(=O)c2cccc(Br)c2)n1C. The van der Waals surface area contributed by atoms with Crippen molar-refractivity contribution >= 4 is 26.7 Å². The second-order valence-electron chi connectivity index (χ2n) is 3.89. The Labute approximate surface area is 117 Å². The van der Waals surface area contributed by atoms with Gasteiger partial charge in [-0.3, -0.25) is 4.21 Å². The molecule has 6 heteroatoms. The zero-order valence-corrected chi connectivity index (χ0v) is 12.7. The normalized spacial score (nSPS) is 12.6. The molecule has 0 saturated carbocycles. The van der Waals surface area contributed by atoms with Crippen LogP contribution in [0, 0.1) is 0 Å². The molecule has 0 spiro atoms. The molecule has 1 heterocycles. The number of aromatic nitrogens is 3. The first-order chi connectivity index (χ1) is 8.61. The second kappa shape index (κ2) is 5.75. The van der Waals surface area contributed by atoms with Crippen LogP contribution < -0.4 is 0 Å². The zero-order chi connectivity index (χ0) is 13.1. The Hall–Kier alpha value is -1.01. The molecule has 0 aliphatic carbocycles. The van der Waals surface area contributed by atoms with Gasteiger partial charge >= 0.3 is 0 Å². The smallest absolute Gasteiger partial charge is 0.145 e. The Morgan fingerprint density at radius 3 is 2.67 bits per heavy atom. The molecule has 0 amide bonds. The van der Waals surface area contributed by atoms with Gasteiger partial charge in [0.05, 0.1) is 16.6 Å². The van der Waals surface area contributed by atoms with Crippen LogP contribution in [0.3, 0.4) is 0 Å². The number of halogens is 1. The van der Waals surface area contributed by atoms with Gasteiger partial charge in [0.15, 0.2) is 0 Å². The highest BCUT2D eigenvalue weighted by atomic mass is 79.9. The number of rotatable bonds is 4. The highest BCUT2D eigenvalue weighted by molar-refractivity contribution is 9.10. The van der Waals surface area contributed by atoms with Crippen molar-refractivity contribution in [3.05, 3.63) is 40.4 Å². The van der Waals surface area contributed by atoms with Crippen LogP contribution in [-0.2, 0) is 30.0 Å². The Bertz CT molecular complexity index is 582. The summed E-state index contributed by atoms with van der Waals surface area (Å²) in [7, 11) is 0.812. The first-order valence-corrected chi connectivity index (χ1v) is 7.74. The summed E-state index contributed by atoms with van der Waals surface area (Å²) in [5.74, 6) is 2.06. The van der Waals surface area contributed by atoms with Crippen LogP contribution >= 0.6 is 15.9 Å². The number of hydrogen-bond donors (Lipinski definition) is 0. The fourth-order valence-corrected chi connectivity index (χ4v) is 3.33. The number of benzene rings is 1. The van der Waals surface area contributed by atoms with Crippen molar-refractivity contribution in [3.8, 4) is 0 Å². The summed E-state index contributed by atoms with van der Waals surface area (Å²) < 4.78 is 15.1. The van der Waals surface area contributed by atoms with Gasteiger partial charge in [-0.25, -0.2) is 0 Å². The van der Waals surface area contributed by atoms with Crippen LogP contribution in [0.2, 0.25) is 0 Å². The van der Waals surface area contributed by atoms with Crippen molar-refractivity contribution in [2.45, 2.75) is 24.0 Å². The van der Waals surface area contributed by atoms with Crippen molar-refractivity contribution in [3.63, 3.8) is 0 Å². The first-order valence-electron chi connectivity index (χ1n) is 5.63. The fourth-order valence-electron chi connectivity index (χ4n) is 1.64. The van der Waals surface area contributed by atoms with Gasteiger partial charge in [0.1, 0.15) is 11.6 Å². The average molecular weight is 328 g/mol. The second-order valence-corrected chi connectivity index (χ2v) is 6.26. The molecule has 18 heavy (non-hydrogen) atoms. The van der Waals surface area contributed by atoms with E-state index in [9.17, 15) is 4.21 Å². The quantitative estimate of drug-likeness (QED) is 0.866. The molecular weight excluding hydrogens is 314 g/mol. The Morgan fingerprint density at radius 1 is 1.33 bits per heavy atom. The summed E-state index contributed by atoms with van der Waals surface area (Å²) in [6, 6.07) is 7.52. The van der Waals surface area contributed by atoms with Crippen LogP contribution in [0.15, 0.2) is 33.6 Å². The van der Waals surface area contributed by atoms with E-state index in [0.717, 1.165) is 27.4 Å². The van der Waals surface area contributed by atoms with Crippen molar-refractivity contribution in [1.82, 2.24) is 14.8 Å². The third-order valence-corrected chi connectivity index (χ3v) is 4.48. The number of nitrogens with zero attached hydrogens (tertiary/aromatic N) is 3. The highest BCUT2D eigenvalue weighted by Crippen LogP contribution is 2.17. The molecule has 4 nitrogen and oxygen atoms in total. The van der Waals surface area contributed by atoms with Gasteiger partial charge in [-0.05, 0) is 18.2 Å². The summed E-state index contributed by atoms with van der Waals surface area (Å²) in [6.45, 7) is 2.03. The van der Waals surface area contributed by atoms with Crippen LogP contribution in [0.4, 0.5) is 0 Å². The molecular formula is C12H14BrN3OS. The molecule has 0 bridgehead atoms. The molecule has 0 aliphatic heterocycles. The maximum absolute atomic E-state index is 12.2. The van der Waals surface area contributed by atoms with E-state index in [1.807, 2.05) is 42.8 Å². The lowest BCUT2D eigenvalue weighted by atomic mass is 10.4. The van der Waals surface area contributed by atoms with E-state index in [-0.39, 0.29) is 0 Å². The monoisotopic (exact) mass is 327 g/mol. The lowest BCUT2D eigenvalue weighted by molar-refractivity contribution is 0.678. The molecule has 0 N–H and O–H groups in total. The Balaban J connectivity index is 2.19. The molecule has 2 rings (SSSR count). The lowest BCUT2D eigenvalue weighted by Gasteiger charge is -2.03. The topological polar surface area (TPSA) is 47.8 Å². The average Bonchev–Trinajstić information content (AvgIpc) is 2.70. The van der Waals surface area contributed by atoms with Crippen LogP contribution in [0.5, 0.6) is 0 Å². The number of hydrogen-bond acceptors (Lipinski definition) is 3. The van der Waals surface area contributed by atoms with Crippen LogP contribution in [0.25, 0.3) is 0 Å². The maximum atomic E-state index is 12.2. The Morgan fingerprint density at radius 2 is 2.06 bits per heavy atom. The molecule has 96 valence electrons. The summed E-state index contributed by atoms with van der Waals surface area (Å²) in [4.78, 5) is 0.797. The minimum Gasteiger partial charge on any atom is -0.317 e. The minimum absolute atomic E-state index is 0.389. The van der Waals surface area contributed by atoms with E-state index in [4.69, 9.17) is 0 Å². The molecule has 0 saturated heterocycles.